The Hall–Kier alpha value is -4.78. The van der Waals surface area contributed by atoms with Crippen molar-refractivity contribution in [2.45, 2.75) is 34.1 Å². The lowest BCUT2D eigenvalue weighted by molar-refractivity contribution is 0.626. The fourth-order valence-corrected chi connectivity index (χ4v) is 4.94. The Morgan fingerprint density at radius 3 is 2.65 bits per heavy atom. The minimum Gasteiger partial charge on any atom is -0.358 e. The first-order valence-corrected chi connectivity index (χ1v) is 13.3. The van der Waals surface area contributed by atoms with Gasteiger partial charge in [0.25, 0.3) is 0 Å². The molecule has 3 heterocycles. The number of pyridine rings is 1. The van der Waals surface area contributed by atoms with Gasteiger partial charge in [-0.3, -0.25) is 10.1 Å². The van der Waals surface area contributed by atoms with Crippen molar-refractivity contribution in [3.05, 3.63) is 114 Å². The number of fused-ring (bicyclic) bond motifs is 1. The maximum Gasteiger partial charge on any atom is 0.159 e. The molecule has 0 fully saturated rings. The molecule has 6 nitrogen and oxygen atoms in total. The Morgan fingerprint density at radius 2 is 1.90 bits per heavy atom. The van der Waals surface area contributed by atoms with Crippen LogP contribution in [0.2, 0.25) is 0 Å². The zero-order valence-electron chi connectivity index (χ0n) is 23.3. The number of hydrogen-bond donors (Lipinski definition) is 3. The number of hydrogen-bond acceptors (Lipinski definition) is 4. The number of allylic oxidation sites excluding steroid dienone is 3. The molecule has 0 unspecified atom stereocenters. The lowest BCUT2D eigenvalue weighted by Gasteiger charge is -2.12. The molecule has 5 rings (SSSR count). The maximum absolute atomic E-state index is 14.3. The average molecular weight is 533 g/mol. The monoisotopic (exact) mass is 532 g/mol. The van der Waals surface area contributed by atoms with Crippen LogP contribution in [0.4, 0.5) is 10.1 Å². The number of nitrogens with one attached hydrogen (secondary N) is 3. The van der Waals surface area contributed by atoms with Crippen molar-refractivity contribution in [3.63, 3.8) is 0 Å². The van der Waals surface area contributed by atoms with Gasteiger partial charge in [-0.1, -0.05) is 51.3 Å². The van der Waals surface area contributed by atoms with Gasteiger partial charge in [0.2, 0.25) is 0 Å². The molecule has 2 aromatic carbocycles. The summed E-state index contributed by atoms with van der Waals surface area (Å²) in [6.45, 7) is 16.2. The standard InChI is InChI=1S/C33H33FN6/c1-7-8-28(24-12-20(4)13-26(34)14-24)31-22(6)37-33(38-31)32-29-16-23(9-10-30(29)39-40-32)25-15-27(18-35-17-25)36-21(5)11-19(2)3/h7-10,12-19,36H,1,5,11H2,2-4,6H3,(H,37,38)(H,39,40)/b28-8-. The lowest BCUT2D eigenvalue weighted by Crippen LogP contribution is -2.02. The highest BCUT2D eigenvalue weighted by Gasteiger charge is 2.19. The number of aryl methyl sites for hydroxylation is 2. The van der Waals surface area contributed by atoms with Crippen molar-refractivity contribution in [1.29, 1.82) is 0 Å². The summed E-state index contributed by atoms with van der Waals surface area (Å²) in [5.41, 5.74) is 9.37. The molecule has 0 amide bonds. The van der Waals surface area contributed by atoms with Crippen LogP contribution in [-0.4, -0.2) is 25.1 Å². The van der Waals surface area contributed by atoms with Crippen LogP contribution in [0.15, 0.2) is 85.9 Å². The Kier molecular flexibility index (Phi) is 7.47. The van der Waals surface area contributed by atoms with Crippen LogP contribution in [0, 0.1) is 25.6 Å². The quantitative estimate of drug-likeness (QED) is 0.167. The van der Waals surface area contributed by atoms with Crippen LogP contribution in [0.5, 0.6) is 0 Å². The topological polar surface area (TPSA) is 82.3 Å². The zero-order chi connectivity index (χ0) is 28.4. The van der Waals surface area contributed by atoms with Crippen molar-refractivity contribution >= 4 is 22.2 Å². The molecule has 3 N–H and O–H groups in total. The molecule has 0 aliphatic carbocycles. The van der Waals surface area contributed by atoms with Crippen LogP contribution < -0.4 is 5.32 Å². The molecule has 0 bridgehead atoms. The lowest BCUT2D eigenvalue weighted by atomic mass is 9.99. The summed E-state index contributed by atoms with van der Waals surface area (Å²) in [5, 5.41) is 12.0. The van der Waals surface area contributed by atoms with Crippen LogP contribution in [0.3, 0.4) is 0 Å². The molecule has 0 saturated heterocycles. The number of H-pyrrole nitrogens is 2. The number of aromatic amines is 2. The van der Waals surface area contributed by atoms with Gasteiger partial charge in [0, 0.05) is 34.1 Å². The predicted molar refractivity (Wildman–Crippen MR) is 162 cm³/mol. The molecule has 5 aromatic rings. The van der Waals surface area contributed by atoms with E-state index in [0.29, 0.717) is 17.4 Å². The first-order chi connectivity index (χ1) is 19.2. The maximum atomic E-state index is 14.3. The molecule has 0 atom stereocenters. The van der Waals surface area contributed by atoms with Crippen LogP contribution >= 0.6 is 0 Å². The van der Waals surface area contributed by atoms with Gasteiger partial charge in [-0.15, -0.1) is 0 Å². The minimum atomic E-state index is -0.290. The van der Waals surface area contributed by atoms with Gasteiger partial charge in [0.05, 0.1) is 23.1 Å². The summed E-state index contributed by atoms with van der Waals surface area (Å²) in [7, 11) is 0. The van der Waals surface area contributed by atoms with Gasteiger partial charge in [-0.2, -0.15) is 5.10 Å². The van der Waals surface area contributed by atoms with E-state index in [0.717, 1.165) is 67.9 Å². The summed E-state index contributed by atoms with van der Waals surface area (Å²) in [4.78, 5) is 12.8. The van der Waals surface area contributed by atoms with Crippen molar-refractivity contribution in [2.24, 2.45) is 5.92 Å². The summed E-state index contributed by atoms with van der Waals surface area (Å²) in [6.07, 6.45) is 8.08. The molecule has 3 aromatic heterocycles. The van der Waals surface area contributed by atoms with Gasteiger partial charge in [-0.25, -0.2) is 9.37 Å². The molecule has 0 aliphatic rings. The second kappa shape index (κ2) is 11.1. The molecule has 0 saturated carbocycles. The third-order valence-corrected chi connectivity index (χ3v) is 6.61. The summed E-state index contributed by atoms with van der Waals surface area (Å²) in [5.74, 6) is 0.852. The first-order valence-electron chi connectivity index (χ1n) is 13.3. The SMILES string of the molecule is C=C/C=C(/c1cc(C)cc(F)c1)c1nc(-c2n[nH]c3ccc(-c4cncc(NC(=C)CC(C)C)c4)cc23)[nH]c1C. The fourth-order valence-electron chi connectivity index (χ4n) is 4.94. The number of aromatic nitrogens is 5. The first kappa shape index (κ1) is 26.8. The highest BCUT2D eigenvalue weighted by atomic mass is 19.1. The predicted octanol–water partition coefficient (Wildman–Crippen LogP) is 8.36. The molecule has 202 valence electrons. The molecule has 0 radical (unpaired) electrons. The normalized spacial score (nSPS) is 11.8. The Morgan fingerprint density at radius 1 is 1.07 bits per heavy atom. The van der Waals surface area contributed by atoms with Gasteiger partial charge >= 0.3 is 0 Å². The van der Waals surface area contributed by atoms with Gasteiger partial charge in [-0.05, 0) is 73.2 Å². The van der Waals surface area contributed by atoms with E-state index in [9.17, 15) is 4.39 Å². The second-order valence-electron chi connectivity index (χ2n) is 10.5. The zero-order valence-corrected chi connectivity index (χ0v) is 23.3. The highest BCUT2D eigenvalue weighted by Crippen LogP contribution is 2.33. The number of nitrogens with zero attached hydrogens (tertiary/aromatic N) is 3. The summed E-state index contributed by atoms with van der Waals surface area (Å²) < 4.78 is 14.3. The number of benzene rings is 2. The molecule has 0 aliphatic heterocycles. The average Bonchev–Trinajstić information content (AvgIpc) is 3.49. The third-order valence-electron chi connectivity index (χ3n) is 6.61. The van der Waals surface area contributed by atoms with E-state index in [4.69, 9.17) is 4.98 Å². The molecular formula is C33H33FN6. The molecule has 40 heavy (non-hydrogen) atoms. The van der Waals surface area contributed by atoms with E-state index >= 15 is 0 Å². The van der Waals surface area contributed by atoms with Crippen molar-refractivity contribution in [1.82, 2.24) is 25.1 Å². The van der Waals surface area contributed by atoms with E-state index in [2.05, 4.69) is 64.6 Å². The number of imidazole rings is 1. The fraction of sp³-hybridized carbons (Fsp3) is 0.182. The Balaban J connectivity index is 1.52. The van der Waals surface area contributed by atoms with Gasteiger partial charge in [0.1, 0.15) is 11.5 Å². The van der Waals surface area contributed by atoms with Crippen molar-refractivity contribution in [2.75, 3.05) is 5.32 Å². The smallest absolute Gasteiger partial charge is 0.159 e. The van der Waals surface area contributed by atoms with E-state index < -0.39 is 0 Å². The van der Waals surface area contributed by atoms with Gasteiger partial charge < -0.3 is 10.3 Å². The summed E-state index contributed by atoms with van der Waals surface area (Å²) >= 11 is 0. The van der Waals surface area contributed by atoms with Crippen LogP contribution in [0.1, 0.15) is 42.8 Å². The number of halogens is 1. The van der Waals surface area contributed by atoms with Crippen molar-refractivity contribution < 1.29 is 4.39 Å². The molecule has 0 spiro atoms. The second-order valence-corrected chi connectivity index (χ2v) is 10.5. The number of rotatable bonds is 9. The largest absolute Gasteiger partial charge is 0.358 e. The molecular weight excluding hydrogens is 499 g/mol. The number of anilines is 1. The minimum absolute atomic E-state index is 0.290. The Labute approximate surface area is 233 Å². The van der Waals surface area contributed by atoms with E-state index in [1.807, 2.05) is 44.3 Å². The van der Waals surface area contributed by atoms with Gasteiger partial charge in [0.15, 0.2) is 5.82 Å². The highest BCUT2D eigenvalue weighted by molar-refractivity contribution is 5.95. The van der Waals surface area contributed by atoms with E-state index in [1.54, 1.807) is 12.3 Å². The van der Waals surface area contributed by atoms with Crippen molar-refractivity contribution in [3.8, 4) is 22.6 Å². The van der Waals surface area contributed by atoms with Crippen LogP contribution in [0.25, 0.3) is 39.1 Å². The Bertz CT molecular complexity index is 1730. The van der Waals surface area contributed by atoms with E-state index in [-0.39, 0.29) is 5.82 Å². The molecule has 7 heteroatoms. The summed E-state index contributed by atoms with van der Waals surface area (Å²) in [6, 6.07) is 13.2. The third kappa shape index (κ3) is 5.64. The van der Waals surface area contributed by atoms with E-state index in [1.165, 1.54) is 12.1 Å². The van der Waals surface area contributed by atoms with Crippen LogP contribution in [-0.2, 0) is 0 Å².